The first-order valence-corrected chi connectivity index (χ1v) is 11.1. The van der Waals surface area contributed by atoms with Crippen LogP contribution in [0.1, 0.15) is 100 Å². The third-order valence-corrected chi connectivity index (χ3v) is 5.41. The predicted octanol–water partition coefficient (Wildman–Crippen LogP) is 5.62. The van der Waals surface area contributed by atoms with Crippen LogP contribution in [0.25, 0.3) is 0 Å². The highest BCUT2D eigenvalue weighted by molar-refractivity contribution is 5.76. The molecule has 2 atom stereocenters. The van der Waals surface area contributed by atoms with Crippen LogP contribution in [0.3, 0.4) is 0 Å². The third kappa shape index (κ3) is 12.2. The molecule has 2 unspecified atom stereocenters. The van der Waals surface area contributed by atoms with Crippen LogP contribution < -0.4 is 0 Å². The summed E-state index contributed by atoms with van der Waals surface area (Å²) in [5, 5.41) is 0. The molecule has 0 aliphatic carbocycles. The van der Waals surface area contributed by atoms with Crippen LogP contribution in [0.5, 0.6) is 0 Å². The lowest BCUT2D eigenvalue weighted by Crippen LogP contribution is -2.30. The van der Waals surface area contributed by atoms with E-state index in [4.69, 9.17) is 18.9 Å². The van der Waals surface area contributed by atoms with Gasteiger partial charge in [0.1, 0.15) is 0 Å². The molecule has 0 saturated carbocycles. The van der Waals surface area contributed by atoms with Gasteiger partial charge >= 0.3 is 11.9 Å². The molecule has 0 aromatic carbocycles. The van der Waals surface area contributed by atoms with Gasteiger partial charge in [0.05, 0.1) is 24.0 Å². The van der Waals surface area contributed by atoms with Gasteiger partial charge in [0, 0.05) is 0 Å². The second-order valence-corrected chi connectivity index (χ2v) is 8.93. The summed E-state index contributed by atoms with van der Waals surface area (Å²) in [6.07, 6.45) is 5.50. The maximum Gasteiger partial charge on any atom is 0.313 e. The van der Waals surface area contributed by atoms with Gasteiger partial charge in [-0.3, -0.25) is 9.59 Å². The zero-order valence-corrected chi connectivity index (χ0v) is 20.0. The van der Waals surface area contributed by atoms with E-state index in [1.807, 2.05) is 41.5 Å². The van der Waals surface area contributed by atoms with Crippen LogP contribution in [0.4, 0.5) is 0 Å². The summed E-state index contributed by atoms with van der Waals surface area (Å²) in [6.45, 7) is 16.1. The molecule has 0 rings (SSSR count). The van der Waals surface area contributed by atoms with Crippen LogP contribution in [-0.2, 0) is 28.5 Å². The Bertz CT molecular complexity index is 430. The molecular weight excluding hydrogens is 372 g/mol. The number of unbranched alkanes of at least 4 members (excludes halogenated alkanes) is 4. The summed E-state index contributed by atoms with van der Waals surface area (Å²) >= 11 is 0. The van der Waals surface area contributed by atoms with E-state index in [-0.39, 0.29) is 11.9 Å². The first kappa shape index (κ1) is 27.9. The van der Waals surface area contributed by atoms with Gasteiger partial charge in [-0.1, -0.05) is 33.1 Å². The molecule has 0 saturated heterocycles. The second kappa shape index (κ2) is 14.0. The van der Waals surface area contributed by atoms with Gasteiger partial charge in [-0.2, -0.15) is 0 Å². The van der Waals surface area contributed by atoms with E-state index < -0.39 is 23.4 Å². The lowest BCUT2D eigenvalue weighted by molar-refractivity contribution is -0.185. The summed E-state index contributed by atoms with van der Waals surface area (Å²) in [7, 11) is 0. The lowest BCUT2D eigenvalue weighted by atomic mass is 9.91. The van der Waals surface area contributed by atoms with Crippen molar-refractivity contribution >= 4 is 11.9 Å². The Hall–Kier alpha value is -1.14. The molecule has 0 N–H and O–H groups in total. The Morgan fingerprint density at radius 1 is 0.655 bits per heavy atom. The SMILES string of the molecule is CCC(C)(C)C(=O)OC(C)OCCCCCCCOC(C)OC(=O)C(C)(C)CC. The Balaban J connectivity index is 3.67. The summed E-state index contributed by atoms with van der Waals surface area (Å²) in [4.78, 5) is 23.9. The molecule has 6 nitrogen and oxygen atoms in total. The maximum absolute atomic E-state index is 12.0. The van der Waals surface area contributed by atoms with Gasteiger partial charge in [-0.15, -0.1) is 0 Å². The standard InChI is InChI=1S/C23H44O6/c1-9-22(5,6)20(24)28-18(3)26-16-14-12-11-13-15-17-27-19(4)29-21(25)23(7,8)10-2/h18-19H,9-17H2,1-8H3. The van der Waals surface area contributed by atoms with Crippen LogP contribution in [-0.4, -0.2) is 37.7 Å². The fourth-order valence-corrected chi connectivity index (χ4v) is 2.21. The largest absolute Gasteiger partial charge is 0.436 e. The Kier molecular flexibility index (Phi) is 13.4. The van der Waals surface area contributed by atoms with E-state index >= 15 is 0 Å². The molecule has 0 amide bonds. The first-order valence-electron chi connectivity index (χ1n) is 11.1. The number of hydrogen-bond acceptors (Lipinski definition) is 6. The van der Waals surface area contributed by atoms with Crippen LogP contribution in [0.2, 0.25) is 0 Å². The number of ether oxygens (including phenoxy) is 4. The van der Waals surface area contributed by atoms with Crippen LogP contribution >= 0.6 is 0 Å². The highest BCUT2D eigenvalue weighted by Crippen LogP contribution is 2.23. The Labute approximate surface area is 178 Å². The van der Waals surface area contributed by atoms with E-state index in [1.54, 1.807) is 13.8 Å². The quantitative estimate of drug-likeness (QED) is 0.185. The topological polar surface area (TPSA) is 71.1 Å². The van der Waals surface area contributed by atoms with Crippen LogP contribution in [0.15, 0.2) is 0 Å². The summed E-state index contributed by atoms with van der Waals surface area (Å²) in [6, 6.07) is 0. The molecule has 0 aliphatic rings. The average Bonchev–Trinajstić information content (AvgIpc) is 2.66. The minimum atomic E-state index is -0.511. The molecule has 29 heavy (non-hydrogen) atoms. The number of hydrogen-bond donors (Lipinski definition) is 0. The molecule has 0 aromatic rings. The molecule has 172 valence electrons. The van der Waals surface area contributed by atoms with Crippen molar-refractivity contribution in [1.82, 2.24) is 0 Å². The van der Waals surface area contributed by atoms with Crippen molar-refractivity contribution in [3.8, 4) is 0 Å². The summed E-state index contributed by atoms with van der Waals surface area (Å²) in [5.41, 5.74) is -0.941. The van der Waals surface area contributed by atoms with Crippen molar-refractivity contribution in [2.45, 2.75) is 113 Å². The first-order chi connectivity index (χ1) is 13.5. The van der Waals surface area contributed by atoms with E-state index in [2.05, 4.69) is 0 Å². The zero-order valence-electron chi connectivity index (χ0n) is 20.0. The van der Waals surface area contributed by atoms with Gasteiger partial charge in [0.15, 0.2) is 12.6 Å². The lowest BCUT2D eigenvalue weighted by Gasteiger charge is -2.23. The van der Waals surface area contributed by atoms with Gasteiger partial charge in [0.25, 0.3) is 0 Å². The zero-order chi connectivity index (χ0) is 22.5. The Morgan fingerprint density at radius 3 is 1.28 bits per heavy atom. The third-order valence-electron chi connectivity index (χ3n) is 5.41. The van der Waals surface area contributed by atoms with E-state index in [1.165, 1.54) is 0 Å². The highest BCUT2D eigenvalue weighted by Gasteiger charge is 2.29. The molecule has 0 fully saturated rings. The highest BCUT2D eigenvalue weighted by atomic mass is 16.7. The molecule has 0 aromatic heterocycles. The van der Waals surface area contributed by atoms with Crippen molar-refractivity contribution in [2.75, 3.05) is 13.2 Å². The molecule has 6 heteroatoms. The molecule has 0 bridgehead atoms. The molecule has 0 aliphatic heterocycles. The van der Waals surface area contributed by atoms with Crippen molar-refractivity contribution < 1.29 is 28.5 Å². The van der Waals surface area contributed by atoms with Gasteiger partial charge in [-0.05, 0) is 67.2 Å². The molecular formula is C23H44O6. The summed E-state index contributed by atoms with van der Waals surface area (Å²) in [5.74, 6) is -0.434. The van der Waals surface area contributed by atoms with E-state index in [0.717, 1.165) is 44.9 Å². The van der Waals surface area contributed by atoms with E-state index in [9.17, 15) is 9.59 Å². The van der Waals surface area contributed by atoms with Gasteiger partial charge in [0.2, 0.25) is 0 Å². The van der Waals surface area contributed by atoms with Crippen molar-refractivity contribution in [3.63, 3.8) is 0 Å². The number of carbonyl (C=O) groups is 2. The molecule has 0 radical (unpaired) electrons. The van der Waals surface area contributed by atoms with Crippen molar-refractivity contribution in [2.24, 2.45) is 10.8 Å². The Morgan fingerprint density at radius 2 is 0.966 bits per heavy atom. The number of rotatable bonds is 16. The van der Waals surface area contributed by atoms with E-state index in [0.29, 0.717) is 13.2 Å². The molecule has 0 heterocycles. The second-order valence-electron chi connectivity index (χ2n) is 8.93. The van der Waals surface area contributed by atoms with Crippen LogP contribution in [0, 0.1) is 10.8 Å². The van der Waals surface area contributed by atoms with Crippen molar-refractivity contribution in [1.29, 1.82) is 0 Å². The van der Waals surface area contributed by atoms with Crippen molar-refractivity contribution in [3.05, 3.63) is 0 Å². The minimum absolute atomic E-state index is 0.217. The number of esters is 2. The fraction of sp³-hybridized carbons (Fsp3) is 0.913. The smallest absolute Gasteiger partial charge is 0.313 e. The van der Waals surface area contributed by atoms with Gasteiger partial charge < -0.3 is 18.9 Å². The maximum atomic E-state index is 12.0. The average molecular weight is 417 g/mol. The predicted molar refractivity (Wildman–Crippen MR) is 114 cm³/mol. The molecule has 0 spiro atoms. The number of carbonyl (C=O) groups excluding carboxylic acids is 2. The van der Waals surface area contributed by atoms with Gasteiger partial charge in [-0.25, -0.2) is 0 Å². The monoisotopic (exact) mass is 416 g/mol. The summed E-state index contributed by atoms with van der Waals surface area (Å²) < 4.78 is 21.8. The normalized spacial score (nSPS) is 14.3. The fourth-order valence-electron chi connectivity index (χ4n) is 2.21. The minimum Gasteiger partial charge on any atom is -0.436 e.